The second-order valence-electron chi connectivity index (χ2n) is 4.09. The van der Waals surface area contributed by atoms with Crippen LogP contribution in [0.25, 0.3) is 0 Å². The summed E-state index contributed by atoms with van der Waals surface area (Å²) >= 11 is 5.88. The van der Waals surface area contributed by atoms with Gasteiger partial charge < -0.3 is 10.5 Å². The van der Waals surface area contributed by atoms with Crippen LogP contribution in [0.5, 0.6) is 5.75 Å². The number of benzene rings is 1. The molecule has 0 heterocycles. The number of nitrogen functional groups attached to an aromatic ring is 1. The summed E-state index contributed by atoms with van der Waals surface area (Å²) in [7, 11) is 0. The number of rotatable bonds is 3. The lowest BCUT2D eigenvalue weighted by Gasteiger charge is -2.35. The van der Waals surface area contributed by atoms with E-state index in [-0.39, 0.29) is 18.9 Å². The van der Waals surface area contributed by atoms with Crippen molar-refractivity contribution in [2.45, 2.75) is 31.4 Å². The Morgan fingerprint density at radius 3 is 2.44 bits per heavy atom. The highest BCUT2D eigenvalue weighted by Gasteiger charge is 2.41. The zero-order valence-electron chi connectivity index (χ0n) is 9.21. The minimum Gasteiger partial charge on any atom is -0.489 e. The van der Waals surface area contributed by atoms with E-state index < -0.39 is 12.5 Å². The number of halogens is 4. The number of hydrogen-bond donors (Lipinski definition) is 1. The molecule has 0 atom stereocenters. The Kier molecular flexibility index (Phi) is 3.59. The second kappa shape index (κ2) is 4.85. The van der Waals surface area contributed by atoms with Gasteiger partial charge >= 0.3 is 6.36 Å². The highest BCUT2D eigenvalue weighted by Crippen LogP contribution is 2.35. The van der Waals surface area contributed by atoms with Gasteiger partial charge in [-0.15, -0.1) is 13.2 Å². The largest absolute Gasteiger partial charge is 0.522 e. The lowest BCUT2D eigenvalue weighted by atomic mass is 9.92. The van der Waals surface area contributed by atoms with Crippen LogP contribution in [-0.2, 0) is 4.74 Å². The van der Waals surface area contributed by atoms with Gasteiger partial charge in [0.25, 0.3) is 0 Å². The average Bonchev–Trinajstić information content (AvgIpc) is 2.16. The highest BCUT2D eigenvalue weighted by atomic mass is 35.5. The summed E-state index contributed by atoms with van der Waals surface area (Å²) in [4.78, 5) is 0. The molecule has 1 fully saturated rings. The maximum Gasteiger partial charge on any atom is 0.522 e. The number of nitrogens with two attached hydrogens (primary N) is 1. The van der Waals surface area contributed by atoms with Gasteiger partial charge in [0.1, 0.15) is 11.9 Å². The first-order valence-electron chi connectivity index (χ1n) is 5.30. The Morgan fingerprint density at radius 2 is 1.89 bits per heavy atom. The molecule has 0 bridgehead atoms. The van der Waals surface area contributed by atoms with E-state index in [1.165, 1.54) is 6.07 Å². The van der Waals surface area contributed by atoms with Crippen LogP contribution in [0.4, 0.5) is 18.9 Å². The van der Waals surface area contributed by atoms with Crippen molar-refractivity contribution in [1.82, 2.24) is 0 Å². The Labute approximate surface area is 107 Å². The third kappa shape index (κ3) is 3.43. The molecule has 0 aliphatic heterocycles. The van der Waals surface area contributed by atoms with Gasteiger partial charge in [-0.3, -0.25) is 4.74 Å². The van der Waals surface area contributed by atoms with E-state index in [0.717, 1.165) is 0 Å². The molecule has 7 heteroatoms. The van der Waals surface area contributed by atoms with Gasteiger partial charge in [0.2, 0.25) is 0 Å². The van der Waals surface area contributed by atoms with E-state index in [1.807, 2.05) is 0 Å². The zero-order chi connectivity index (χ0) is 13.3. The summed E-state index contributed by atoms with van der Waals surface area (Å²) in [6, 6.07) is 4.73. The van der Waals surface area contributed by atoms with Crippen molar-refractivity contribution in [3.05, 3.63) is 23.2 Å². The van der Waals surface area contributed by atoms with Crippen LogP contribution in [0.2, 0.25) is 5.02 Å². The van der Waals surface area contributed by atoms with Crippen LogP contribution in [0.15, 0.2) is 18.2 Å². The number of anilines is 1. The maximum absolute atomic E-state index is 11.9. The molecule has 18 heavy (non-hydrogen) atoms. The van der Waals surface area contributed by atoms with Gasteiger partial charge in [-0.05, 0) is 18.2 Å². The summed E-state index contributed by atoms with van der Waals surface area (Å²) in [6.45, 7) is 0. The molecule has 1 aliphatic rings. The van der Waals surface area contributed by atoms with Crippen molar-refractivity contribution in [2.24, 2.45) is 0 Å². The molecule has 1 aromatic carbocycles. The fraction of sp³-hybridized carbons (Fsp3) is 0.455. The van der Waals surface area contributed by atoms with Crippen molar-refractivity contribution in [2.75, 3.05) is 5.73 Å². The number of alkyl halides is 3. The quantitative estimate of drug-likeness (QED) is 0.864. The molecular weight excluding hydrogens is 271 g/mol. The van der Waals surface area contributed by atoms with Crippen LogP contribution in [0.1, 0.15) is 12.8 Å². The standard InChI is InChI=1S/C11H11ClF3NO2/c12-9-3-6(16)1-2-10(9)17-7-4-8(5-7)18-11(13,14)15/h1-3,7-8H,4-5,16H2. The zero-order valence-corrected chi connectivity index (χ0v) is 9.96. The van der Waals surface area contributed by atoms with Gasteiger partial charge in [0, 0.05) is 18.5 Å². The van der Waals surface area contributed by atoms with Crippen molar-refractivity contribution >= 4 is 17.3 Å². The van der Waals surface area contributed by atoms with Gasteiger partial charge in [-0.2, -0.15) is 0 Å². The van der Waals surface area contributed by atoms with Crippen molar-refractivity contribution < 1.29 is 22.6 Å². The molecule has 0 saturated heterocycles. The molecule has 0 amide bonds. The van der Waals surface area contributed by atoms with Crippen molar-refractivity contribution in [3.8, 4) is 5.75 Å². The third-order valence-electron chi connectivity index (χ3n) is 2.60. The van der Waals surface area contributed by atoms with Crippen molar-refractivity contribution in [3.63, 3.8) is 0 Å². The van der Waals surface area contributed by atoms with E-state index in [2.05, 4.69) is 4.74 Å². The summed E-state index contributed by atoms with van der Waals surface area (Å²) in [5.74, 6) is 0.418. The lowest BCUT2D eigenvalue weighted by Crippen LogP contribution is -2.42. The van der Waals surface area contributed by atoms with E-state index in [0.29, 0.717) is 16.5 Å². The van der Waals surface area contributed by atoms with Gasteiger partial charge in [0.15, 0.2) is 0 Å². The Morgan fingerprint density at radius 1 is 1.22 bits per heavy atom. The number of ether oxygens (including phenoxy) is 2. The molecule has 1 saturated carbocycles. The Hall–Kier alpha value is -1.14. The molecule has 100 valence electrons. The third-order valence-corrected chi connectivity index (χ3v) is 2.90. The predicted octanol–water partition coefficient (Wildman–Crippen LogP) is 3.37. The van der Waals surface area contributed by atoms with E-state index >= 15 is 0 Å². The predicted molar refractivity (Wildman–Crippen MR) is 60.4 cm³/mol. The Balaban J connectivity index is 1.83. The normalized spacial score (nSPS) is 23.6. The van der Waals surface area contributed by atoms with E-state index in [4.69, 9.17) is 22.1 Å². The van der Waals surface area contributed by atoms with Crippen LogP contribution >= 0.6 is 11.6 Å². The minimum absolute atomic E-state index is 0.195. The second-order valence-corrected chi connectivity index (χ2v) is 4.49. The topological polar surface area (TPSA) is 44.5 Å². The highest BCUT2D eigenvalue weighted by molar-refractivity contribution is 6.32. The monoisotopic (exact) mass is 281 g/mol. The lowest BCUT2D eigenvalue weighted by molar-refractivity contribution is -0.355. The van der Waals surface area contributed by atoms with E-state index in [9.17, 15) is 13.2 Å². The first-order chi connectivity index (χ1) is 8.33. The molecule has 3 nitrogen and oxygen atoms in total. The smallest absolute Gasteiger partial charge is 0.489 e. The Bertz CT molecular complexity index is 433. The fourth-order valence-corrected chi connectivity index (χ4v) is 1.92. The van der Waals surface area contributed by atoms with Gasteiger partial charge in [0.05, 0.1) is 11.1 Å². The number of hydrogen-bond acceptors (Lipinski definition) is 3. The fourth-order valence-electron chi connectivity index (χ4n) is 1.69. The first-order valence-corrected chi connectivity index (χ1v) is 5.67. The molecule has 1 aliphatic carbocycles. The maximum atomic E-state index is 11.9. The average molecular weight is 282 g/mol. The van der Waals surface area contributed by atoms with Crippen LogP contribution in [-0.4, -0.2) is 18.6 Å². The summed E-state index contributed by atoms with van der Waals surface area (Å²) in [6.07, 6.45) is -5.34. The van der Waals surface area contributed by atoms with Crippen LogP contribution < -0.4 is 10.5 Å². The SMILES string of the molecule is Nc1ccc(OC2CC(OC(F)(F)F)C2)c(Cl)c1. The van der Waals surface area contributed by atoms with Crippen LogP contribution in [0, 0.1) is 0 Å². The molecular formula is C11H11ClF3NO2. The molecule has 0 aromatic heterocycles. The van der Waals surface area contributed by atoms with E-state index in [1.54, 1.807) is 12.1 Å². The summed E-state index contributed by atoms with van der Waals surface area (Å²) in [5.41, 5.74) is 6.01. The van der Waals surface area contributed by atoms with Crippen LogP contribution in [0.3, 0.4) is 0 Å². The molecule has 0 unspecified atom stereocenters. The molecule has 1 aromatic rings. The van der Waals surface area contributed by atoms with Crippen molar-refractivity contribution in [1.29, 1.82) is 0 Å². The molecule has 2 N–H and O–H groups in total. The summed E-state index contributed by atoms with van der Waals surface area (Å²) < 4.78 is 45.0. The minimum atomic E-state index is -4.59. The van der Waals surface area contributed by atoms with Gasteiger partial charge in [-0.1, -0.05) is 11.6 Å². The van der Waals surface area contributed by atoms with Gasteiger partial charge in [-0.25, -0.2) is 0 Å². The summed E-state index contributed by atoms with van der Waals surface area (Å²) in [5, 5.41) is 0.343. The molecule has 0 spiro atoms. The molecule has 0 radical (unpaired) electrons. The first kappa shape index (κ1) is 13.3. The molecule has 2 rings (SSSR count).